The molecular formula is C15H21ClFN5O3S. The first kappa shape index (κ1) is 20.7. The molecule has 0 radical (unpaired) electrons. The molecule has 2 N–H and O–H groups in total. The first-order chi connectivity index (χ1) is 12.0. The van der Waals surface area contributed by atoms with Crippen molar-refractivity contribution in [2.75, 3.05) is 33.2 Å². The minimum absolute atomic E-state index is 0. The Hall–Kier alpha value is -1.59. The molecule has 11 heteroatoms. The van der Waals surface area contributed by atoms with E-state index < -0.39 is 15.8 Å². The first-order valence-corrected chi connectivity index (χ1v) is 9.43. The number of sulfonamides is 1. The van der Waals surface area contributed by atoms with Crippen molar-refractivity contribution in [3.63, 3.8) is 0 Å². The summed E-state index contributed by atoms with van der Waals surface area (Å²) in [6.45, 7) is 2.57. The van der Waals surface area contributed by atoms with Crippen LogP contribution in [0.1, 0.15) is 17.8 Å². The van der Waals surface area contributed by atoms with Crippen molar-refractivity contribution in [3.05, 3.63) is 41.8 Å². The zero-order valence-electron chi connectivity index (χ0n) is 14.2. The summed E-state index contributed by atoms with van der Waals surface area (Å²) in [6, 6.07) is 5.26. The molecule has 0 amide bonds. The van der Waals surface area contributed by atoms with E-state index in [0.29, 0.717) is 11.7 Å². The average Bonchev–Trinajstić information content (AvgIpc) is 3.04. The Labute approximate surface area is 157 Å². The molecule has 2 heterocycles. The van der Waals surface area contributed by atoms with Gasteiger partial charge in [0.05, 0.1) is 6.04 Å². The predicted octanol–water partition coefficient (Wildman–Crippen LogP) is 0.728. The Morgan fingerprint density at radius 1 is 1.42 bits per heavy atom. The average molecular weight is 406 g/mol. The van der Waals surface area contributed by atoms with E-state index in [1.54, 1.807) is 0 Å². The molecule has 1 saturated heterocycles. The summed E-state index contributed by atoms with van der Waals surface area (Å²) in [4.78, 5) is 6.08. The number of likely N-dealkylation sites (N-methyl/N-ethyl adjacent to an activating group) is 1. The molecule has 1 aliphatic heterocycles. The number of piperazine rings is 1. The molecule has 1 aromatic carbocycles. The van der Waals surface area contributed by atoms with Crippen LogP contribution in [0, 0.1) is 5.82 Å². The highest BCUT2D eigenvalue weighted by molar-refractivity contribution is 7.89. The molecule has 144 valence electrons. The third-order valence-electron chi connectivity index (χ3n) is 4.05. The van der Waals surface area contributed by atoms with Crippen molar-refractivity contribution in [3.8, 4) is 0 Å². The number of halogens is 2. The monoisotopic (exact) mass is 405 g/mol. The SMILES string of the molecule is CN1CCNCC1c1noc(CCNS(=O)(=O)c2ccccc2F)n1.Cl. The van der Waals surface area contributed by atoms with Gasteiger partial charge in [-0.25, -0.2) is 17.5 Å². The molecule has 0 aliphatic carbocycles. The second kappa shape index (κ2) is 8.87. The summed E-state index contributed by atoms with van der Waals surface area (Å²) in [5, 5.41) is 7.24. The van der Waals surface area contributed by atoms with Crippen LogP contribution in [0.25, 0.3) is 0 Å². The van der Waals surface area contributed by atoms with E-state index in [4.69, 9.17) is 4.52 Å². The fourth-order valence-corrected chi connectivity index (χ4v) is 3.74. The summed E-state index contributed by atoms with van der Waals surface area (Å²) < 4.78 is 45.4. The fraction of sp³-hybridized carbons (Fsp3) is 0.467. The number of hydrogen-bond donors (Lipinski definition) is 2. The lowest BCUT2D eigenvalue weighted by molar-refractivity contribution is 0.190. The lowest BCUT2D eigenvalue weighted by atomic mass is 10.2. The van der Waals surface area contributed by atoms with Crippen molar-refractivity contribution >= 4 is 22.4 Å². The Balaban J connectivity index is 0.00000243. The Morgan fingerprint density at radius 3 is 2.92 bits per heavy atom. The van der Waals surface area contributed by atoms with Crippen LogP contribution in [0.4, 0.5) is 4.39 Å². The number of nitrogens with one attached hydrogen (secondary N) is 2. The van der Waals surface area contributed by atoms with Crippen LogP contribution in [0.15, 0.2) is 33.7 Å². The number of rotatable bonds is 6. The van der Waals surface area contributed by atoms with Crippen molar-refractivity contribution in [1.29, 1.82) is 0 Å². The van der Waals surface area contributed by atoms with Gasteiger partial charge < -0.3 is 9.84 Å². The highest BCUT2D eigenvalue weighted by Gasteiger charge is 2.25. The lowest BCUT2D eigenvalue weighted by Crippen LogP contribution is -2.44. The smallest absolute Gasteiger partial charge is 0.243 e. The molecule has 1 aliphatic rings. The van der Waals surface area contributed by atoms with Gasteiger partial charge in [-0.2, -0.15) is 4.98 Å². The fourth-order valence-electron chi connectivity index (χ4n) is 2.63. The normalized spacial score (nSPS) is 18.5. The molecule has 0 spiro atoms. The number of nitrogens with zero attached hydrogens (tertiary/aromatic N) is 3. The van der Waals surface area contributed by atoms with Gasteiger partial charge in [-0.15, -0.1) is 12.4 Å². The van der Waals surface area contributed by atoms with Crippen LogP contribution >= 0.6 is 12.4 Å². The topological polar surface area (TPSA) is 100 Å². The molecule has 0 saturated carbocycles. The van der Waals surface area contributed by atoms with Crippen molar-refractivity contribution < 1.29 is 17.3 Å². The van der Waals surface area contributed by atoms with Crippen LogP contribution in [-0.2, 0) is 16.4 Å². The molecule has 3 rings (SSSR count). The van der Waals surface area contributed by atoms with Gasteiger partial charge in [0.1, 0.15) is 10.7 Å². The van der Waals surface area contributed by atoms with Gasteiger partial charge in [0.2, 0.25) is 15.9 Å². The molecule has 1 atom stereocenters. The standard InChI is InChI=1S/C15H20FN5O3S.ClH/c1-21-9-8-17-10-12(21)15-19-14(24-20-15)6-7-18-25(22,23)13-5-3-2-4-11(13)16;/h2-5,12,17-18H,6-10H2,1H3;1H. The van der Waals surface area contributed by atoms with E-state index in [-0.39, 0.29) is 36.3 Å². The van der Waals surface area contributed by atoms with E-state index >= 15 is 0 Å². The van der Waals surface area contributed by atoms with Crippen molar-refractivity contribution in [1.82, 2.24) is 25.1 Å². The summed E-state index contributed by atoms with van der Waals surface area (Å²) in [5.74, 6) is 0.120. The van der Waals surface area contributed by atoms with Gasteiger partial charge in [-0.1, -0.05) is 17.3 Å². The molecular weight excluding hydrogens is 385 g/mol. The maximum atomic E-state index is 13.6. The Morgan fingerprint density at radius 2 is 2.19 bits per heavy atom. The minimum Gasteiger partial charge on any atom is -0.339 e. The van der Waals surface area contributed by atoms with E-state index in [2.05, 4.69) is 25.1 Å². The highest BCUT2D eigenvalue weighted by Crippen LogP contribution is 2.18. The Bertz CT molecular complexity index is 832. The van der Waals surface area contributed by atoms with Gasteiger partial charge in [0.25, 0.3) is 0 Å². The highest BCUT2D eigenvalue weighted by atomic mass is 35.5. The first-order valence-electron chi connectivity index (χ1n) is 7.95. The van der Waals surface area contributed by atoms with E-state index in [1.165, 1.54) is 18.2 Å². The minimum atomic E-state index is -3.92. The molecule has 1 unspecified atom stereocenters. The van der Waals surface area contributed by atoms with Crippen molar-refractivity contribution in [2.45, 2.75) is 17.4 Å². The maximum absolute atomic E-state index is 13.6. The summed E-state index contributed by atoms with van der Waals surface area (Å²) in [7, 11) is -1.93. The number of aromatic nitrogens is 2. The van der Waals surface area contributed by atoms with Crippen LogP contribution < -0.4 is 10.0 Å². The summed E-state index contributed by atoms with van der Waals surface area (Å²) in [5.41, 5.74) is 0. The van der Waals surface area contributed by atoms with Crippen LogP contribution in [0.3, 0.4) is 0 Å². The molecule has 1 fully saturated rings. The van der Waals surface area contributed by atoms with Gasteiger partial charge in [-0.3, -0.25) is 4.90 Å². The zero-order chi connectivity index (χ0) is 17.9. The predicted molar refractivity (Wildman–Crippen MR) is 95.1 cm³/mol. The van der Waals surface area contributed by atoms with Crippen LogP contribution in [-0.4, -0.2) is 56.7 Å². The molecule has 1 aromatic heterocycles. The van der Waals surface area contributed by atoms with Gasteiger partial charge in [-0.05, 0) is 19.2 Å². The van der Waals surface area contributed by atoms with Crippen molar-refractivity contribution in [2.24, 2.45) is 0 Å². The molecule has 0 bridgehead atoms. The van der Waals surface area contributed by atoms with E-state index in [0.717, 1.165) is 25.7 Å². The largest absolute Gasteiger partial charge is 0.339 e. The second-order valence-electron chi connectivity index (χ2n) is 5.83. The molecule has 2 aromatic rings. The molecule has 8 nitrogen and oxygen atoms in total. The van der Waals surface area contributed by atoms with Crippen LogP contribution in [0.2, 0.25) is 0 Å². The maximum Gasteiger partial charge on any atom is 0.243 e. The zero-order valence-corrected chi connectivity index (χ0v) is 15.8. The van der Waals surface area contributed by atoms with Gasteiger partial charge in [0, 0.05) is 32.6 Å². The third kappa shape index (κ3) is 4.77. The summed E-state index contributed by atoms with van der Waals surface area (Å²) >= 11 is 0. The Kier molecular flexibility index (Phi) is 7.07. The van der Waals surface area contributed by atoms with E-state index in [9.17, 15) is 12.8 Å². The number of benzene rings is 1. The van der Waals surface area contributed by atoms with E-state index in [1.807, 2.05) is 7.05 Å². The summed E-state index contributed by atoms with van der Waals surface area (Å²) in [6.07, 6.45) is 0.227. The van der Waals surface area contributed by atoms with Gasteiger partial charge >= 0.3 is 0 Å². The lowest BCUT2D eigenvalue weighted by Gasteiger charge is -2.30. The molecule has 26 heavy (non-hydrogen) atoms. The second-order valence-corrected chi connectivity index (χ2v) is 7.56. The van der Waals surface area contributed by atoms with Crippen LogP contribution in [0.5, 0.6) is 0 Å². The number of hydrogen-bond acceptors (Lipinski definition) is 7. The quantitative estimate of drug-likeness (QED) is 0.730. The third-order valence-corrected chi connectivity index (χ3v) is 5.54. The van der Waals surface area contributed by atoms with Gasteiger partial charge in [0.15, 0.2) is 5.82 Å².